The minimum absolute atomic E-state index is 0.377. The summed E-state index contributed by atoms with van der Waals surface area (Å²) in [7, 11) is 0.492. The monoisotopic (exact) mass is 341 g/mol. The quantitative estimate of drug-likeness (QED) is 0.451. The zero-order valence-electron chi connectivity index (χ0n) is 12.2. The molecule has 0 amide bonds. The molecule has 106 valence electrons. The molecule has 2 radical (unpaired) electrons. The van der Waals surface area contributed by atoms with Gasteiger partial charge in [-0.15, -0.1) is 0 Å². The molecule has 0 N–H and O–H groups in total. The lowest BCUT2D eigenvalue weighted by Gasteiger charge is -2.23. The fourth-order valence-corrected chi connectivity index (χ4v) is 2.99. The van der Waals surface area contributed by atoms with Crippen molar-refractivity contribution in [2.75, 3.05) is 0 Å². The number of pyridine rings is 1. The number of unbranched alkanes of at least 4 members (excludes halogenated alkanes) is 3. The molecule has 0 unspecified atom stereocenters. The van der Waals surface area contributed by atoms with E-state index < -0.39 is 0 Å². The molecule has 0 fully saturated rings. The summed E-state index contributed by atoms with van der Waals surface area (Å²) in [6.07, 6.45) is 8.42. The predicted octanol–water partition coefficient (Wildman–Crippen LogP) is 5.26. The van der Waals surface area contributed by atoms with Crippen LogP contribution in [-0.4, -0.2) is 14.7 Å². The summed E-state index contributed by atoms with van der Waals surface area (Å²) in [5, 5.41) is 0. The summed E-state index contributed by atoms with van der Waals surface area (Å²) in [5.74, 6) is 0.725. The number of hydrogen-bond acceptors (Lipinski definition) is 2. The van der Waals surface area contributed by atoms with Gasteiger partial charge in [-0.25, -0.2) is 4.98 Å². The van der Waals surface area contributed by atoms with Crippen LogP contribution >= 0.6 is 15.9 Å². The normalized spacial score (nSPS) is 11.6. The lowest BCUT2D eigenvalue weighted by molar-refractivity contribution is 0.348. The summed E-state index contributed by atoms with van der Waals surface area (Å²) < 4.78 is 6.71. The van der Waals surface area contributed by atoms with Crippen LogP contribution in [0.2, 0.25) is 6.04 Å². The molecule has 0 aromatic carbocycles. The zero-order chi connectivity index (χ0) is 14.1. The van der Waals surface area contributed by atoms with Gasteiger partial charge in [0.15, 0.2) is 5.88 Å². The van der Waals surface area contributed by atoms with Crippen molar-refractivity contribution in [3.63, 3.8) is 0 Å². The second-order valence-corrected chi connectivity index (χ2v) is 7.47. The summed E-state index contributed by atoms with van der Waals surface area (Å²) in [6.45, 7) is 6.93. The Morgan fingerprint density at radius 2 is 2.05 bits per heavy atom. The molecule has 0 saturated carbocycles. The van der Waals surface area contributed by atoms with Crippen molar-refractivity contribution in [2.45, 2.75) is 58.9 Å². The second kappa shape index (κ2) is 8.75. The Kier molecular flexibility index (Phi) is 7.69. The summed E-state index contributed by atoms with van der Waals surface area (Å²) in [4.78, 5) is 4.22. The number of aromatic nitrogens is 1. The van der Waals surface area contributed by atoms with Crippen molar-refractivity contribution in [3.8, 4) is 5.88 Å². The molecule has 0 atom stereocenters. The molecule has 0 saturated heterocycles. The van der Waals surface area contributed by atoms with Crippen molar-refractivity contribution in [3.05, 3.63) is 22.8 Å². The van der Waals surface area contributed by atoms with Crippen molar-refractivity contribution in [2.24, 2.45) is 5.41 Å². The Balaban J connectivity index is 2.21. The molecule has 0 aliphatic heterocycles. The van der Waals surface area contributed by atoms with Gasteiger partial charge in [0.25, 0.3) is 0 Å². The summed E-state index contributed by atoms with van der Waals surface area (Å²) >= 11 is 3.37. The van der Waals surface area contributed by atoms with Crippen LogP contribution in [0.5, 0.6) is 5.88 Å². The van der Waals surface area contributed by atoms with E-state index in [4.69, 9.17) is 4.43 Å². The van der Waals surface area contributed by atoms with Gasteiger partial charge in [0.1, 0.15) is 0 Å². The molecule has 2 nitrogen and oxygen atoms in total. The van der Waals surface area contributed by atoms with Crippen molar-refractivity contribution in [1.29, 1.82) is 0 Å². The van der Waals surface area contributed by atoms with Crippen LogP contribution in [0.25, 0.3) is 0 Å². The van der Waals surface area contributed by atoms with E-state index in [1.165, 1.54) is 32.1 Å². The SMILES string of the molecule is CCCCCCC(C)(C)C[Si]Oc1ccc(Br)cn1. The van der Waals surface area contributed by atoms with E-state index >= 15 is 0 Å². The largest absolute Gasteiger partial charge is 0.528 e. The molecule has 0 bridgehead atoms. The Hall–Kier alpha value is -0.353. The van der Waals surface area contributed by atoms with Gasteiger partial charge in [-0.05, 0) is 39.9 Å². The molecule has 1 aromatic rings. The second-order valence-electron chi connectivity index (χ2n) is 5.71. The third-order valence-corrected chi connectivity index (χ3v) is 5.06. The average Bonchev–Trinajstić information content (AvgIpc) is 2.37. The van der Waals surface area contributed by atoms with E-state index in [9.17, 15) is 0 Å². The highest BCUT2D eigenvalue weighted by atomic mass is 79.9. The highest BCUT2D eigenvalue weighted by Gasteiger charge is 2.18. The first-order chi connectivity index (χ1) is 9.03. The number of nitrogens with zero attached hydrogens (tertiary/aromatic N) is 1. The van der Waals surface area contributed by atoms with Gasteiger partial charge in [-0.3, -0.25) is 0 Å². The maximum absolute atomic E-state index is 5.72. The number of hydrogen-bond donors (Lipinski definition) is 0. The van der Waals surface area contributed by atoms with Crippen LogP contribution in [0, 0.1) is 5.41 Å². The minimum Gasteiger partial charge on any atom is -0.528 e. The molecular formula is C15H24BrNOSi. The lowest BCUT2D eigenvalue weighted by atomic mass is 9.89. The average molecular weight is 342 g/mol. The van der Waals surface area contributed by atoms with Crippen LogP contribution in [0.15, 0.2) is 22.8 Å². The maximum atomic E-state index is 5.72. The molecule has 1 heterocycles. The third-order valence-electron chi connectivity index (χ3n) is 3.13. The zero-order valence-corrected chi connectivity index (χ0v) is 14.8. The molecule has 1 aromatic heterocycles. The van der Waals surface area contributed by atoms with Crippen LogP contribution in [0.3, 0.4) is 0 Å². The standard InChI is InChI=1S/C15H24BrNOSi/c1-4-5-6-7-10-15(2,3)12-19-18-14-9-8-13(16)11-17-14/h8-9,11H,4-7,10,12H2,1-3H3. The Bertz CT molecular complexity index is 354. The van der Waals surface area contributed by atoms with Crippen molar-refractivity contribution >= 4 is 25.7 Å². The molecule has 0 spiro atoms. The molecule has 1 rings (SSSR count). The third kappa shape index (κ3) is 7.73. The Labute approximate surface area is 128 Å². The fourth-order valence-electron chi connectivity index (χ4n) is 1.85. The van der Waals surface area contributed by atoms with Crippen LogP contribution in [0.1, 0.15) is 52.9 Å². The highest BCUT2D eigenvalue weighted by molar-refractivity contribution is 9.10. The topological polar surface area (TPSA) is 22.1 Å². The van der Waals surface area contributed by atoms with Crippen LogP contribution < -0.4 is 4.43 Å². The van der Waals surface area contributed by atoms with E-state index in [1.807, 2.05) is 12.1 Å². The van der Waals surface area contributed by atoms with Gasteiger partial charge in [-0.2, -0.15) is 0 Å². The fraction of sp³-hybridized carbons (Fsp3) is 0.667. The smallest absolute Gasteiger partial charge is 0.313 e. The highest BCUT2D eigenvalue weighted by Crippen LogP contribution is 2.28. The summed E-state index contributed by atoms with van der Waals surface area (Å²) in [5.41, 5.74) is 0.377. The van der Waals surface area contributed by atoms with Gasteiger partial charge in [0, 0.05) is 16.7 Å². The first kappa shape index (κ1) is 16.7. The Morgan fingerprint density at radius 1 is 1.26 bits per heavy atom. The minimum atomic E-state index is 0.377. The van der Waals surface area contributed by atoms with Gasteiger partial charge in [0.2, 0.25) is 0 Å². The first-order valence-electron chi connectivity index (χ1n) is 7.05. The predicted molar refractivity (Wildman–Crippen MR) is 85.7 cm³/mol. The lowest BCUT2D eigenvalue weighted by Crippen LogP contribution is -2.17. The van der Waals surface area contributed by atoms with Crippen LogP contribution in [0.4, 0.5) is 0 Å². The van der Waals surface area contributed by atoms with Gasteiger partial charge >= 0.3 is 9.76 Å². The molecule has 19 heavy (non-hydrogen) atoms. The molecule has 0 aliphatic rings. The van der Waals surface area contributed by atoms with Gasteiger partial charge in [-0.1, -0.05) is 46.5 Å². The van der Waals surface area contributed by atoms with E-state index in [1.54, 1.807) is 6.20 Å². The van der Waals surface area contributed by atoms with E-state index in [-0.39, 0.29) is 0 Å². The number of halogens is 1. The van der Waals surface area contributed by atoms with E-state index in [2.05, 4.69) is 41.7 Å². The summed E-state index contributed by atoms with van der Waals surface area (Å²) in [6, 6.07) is 4.98. The van der Waals surface area contributed by atoms with Crippen molar-refractivity contribution < 1.29 is 4.43 Å². The van der Waals surface area contributed by atoms with Gasteiger partial charge in [0.05, 0.1) is 0 Å². The maximum Gasteiger partial charge on any atom is 0.313 e. The van der Waals surface area contributed by atoms with Crippen molar-refractivity contribution in [1.82, 2.24) is 4.98 Å². The first-order valence-corrected chi connectivity index (χ1v) is 8.95. The van der Waals surface area contributed by atoms with Gasteiger partial charge < -0.3 is 4.43 Å². The Morgan fingerprint density at radius 3 is 2.68 bits per heavy atom. The van der Waals surface area contributed by atoms with Crippen LogP contribution in [-0.2, 0) is 0 Å². The molecular weight excluding hydrogens is 318 g/mol. The molecule has 4 heteroatoms. The molecule has 0 aliphatic carbocycles. The number of rotatable bonds is 9. The van der Waals surface area contributed by atoms with E-state index in [0.717, 1.165) is 16.4 Å². The van der Waals surface area contributed by atoms with E-state index in [0.29, 0.717) is 15.2 Å².